The van der Waals surface area contributed by atoms with Crippen LogP contribution in [0.15, 0.2) is 24.3 Å². The minimum atomic E-state index is -4.39. The number of rotatable bonds is 8. The van der Waals surface area contributed by atoms with E-state index in [4.69, 9.17) is 5.11 Å². The Balaban J connectivity index is 2.47. The van der Waals surface area contributed by atoms with E-state index in [0.29, 0.717) is 31.2 Å². The molecule has 0 fully saturated rings. The molecule has 2 N–H and O–H groups in total. The van der Waals surface area contributed by atoms with Crippen molar-refractivity contribution in [2.24, 2.45) is 0 Å². The lowest BCUT2D eigenvalue weighted by Crippen LogP contribution is -2.40. The molecule has 0 radical (unpaired) electrons. The van der Waals surface area contributed by atoms with Gasteiger partial charge in [0, 0.05) is 6.42 Å². The normalized spacial score (nSPS) is 12.7. The van der Waals surface area contributed by atoms with E-state index in [0.717, 1.165) is 12.1 Å². The highest BCUT2D eigenvalue weighted by Crippen LogP contribution is 2.29. The maximum absolute atomic E-state index is 12.6. The number of carboxylic acid groups (broad SMARTS) is 1. The number of hydrogen-bond acceptors (Lipinski definition) is 2. The Morgan fingerprint density at radius 3 is 2.57 bits per heavy atom. The highest BCUT2D eigenvalue weighted by Gasteiger charge is 2.30. The molecule has 128 valence electrons. The number of halogens is 3. The van der Waals surface area contributed by atoms with Gasteiger partial charge in [-0.05, 0) is 30.9 Å². The lowest BCUT2D eigenvalue weighted by Gasteiger charge is -2.13. The van der Waals surface area contributed by atoms with E-state index in [1.165, 1.54) is 6.07 Å². The second kappa shape index (κ2) is 8.55. The SMILES string of the molecule is CCCC(NC(=O)CCCc1cccc(C(F)(F)F)c1)C(=O)O. The maximum atomic E-state index is 12.6. The van der Waals surface area contributed by atoms with Crippen molar-refractivity contribution in [1.82, 2.24) is 5.32 Å². The fraction of sp³-hybridized carbons (Fsp3) is 0.500. The maximum Gasteiger partial charge on any atom is 0.416 e. The van der Waals surface area contributed by atoms with Gasteiger partial charge in [0.1, 0.15) is 6.04 Å². The van der Waals surface area contributed by atoms with Crippen LogP contribution in [0.1, 0.15) is 43.7 Å². The number of alkyl halides is 3. The van der Waals surface area contributed by atoms with Gasteiger partial charge in [-0.3, -0.25) is 4.79 Å². The second-order valence-corrected chi connectivity index (χ2v) is 5.30. The molecule has 0 bridgehead atoms. The van der Waals surface area contributed by atoms with Crippen LogP contribution in [-0.4, -0.2) is 23.0 Å². The summed E-state index contributed by atoms with van der Waals surface area (Å²) < 4.78 is 37.8. The fourth-order valence-corrected chi connectivity index (χ4v) is 2.17. The van der Waals surface area contributed by atoms with Crippen LogP contribution in [0.4, 0.5) is 13.2 Å². The topological polar surface area (TPSA) is 66.4 Å². The summed E-state index contributed by atoms with van der Waals surface area (Å²) in [6, 6.07) is 4.05. The number of carbonyl (C=O) groups is 2. The first-order valence-electron chi connectivity index (χ1n) is 7.42. The van der Waals surface area contributed by atoms with Gasteiger partial charge in [-0.15, -0.1) is 0 Å². The molecule has 0 saturated carbocycles. The van der Waals surface area contributed by atoms with Gasteiger partial charge in [0.05, 0.1) is 5.56 Å². The summed E-state index contributed by atoms with van der Waals surface area (Å²) in [4.78, 5) is 22.6. The molecule has 1 atom stereocenters. The van der Waals surface area contributed by atoms with Gasteiger partial charge < -0.3 is 10.4 Å². The van der Waals surface area contributed by atoms with Gasteiger partial charge in [0.25, 0.3) is 0 Å². The number of hydrogen-bond donors (Lipinski definition) is 2. The summed E-state index contributed by atoms with van der Waals surface area (Å²) in [6.07, 6.45) is -2.67. The fourth-order valence-electron chi connectivity index (χ4n) is 2.17. The largest absolute Gasteiger partial charge is 0.480 e. The van der Waals surface area contributed by atoms with Crippen LogP contribution in [0.3, 0.4) is 0 Å². The molecule has 23 heavy (non-hydrogen) atoms. The van der Waals surface area contributed by atoms with E-state index in [-0.39, 0.29) is 6.42 Å². The Morgan fingerprint density at radius 2 is 2.00 bits per heavy atom. The summed E-state index contributed by atoms with van der Waals surface area (Å²) in [5.74, 6) is -1.49. The van der Waals surface area contributed by atoms with Crippen molar-refractivity contribution in [3.63, 3.8) is 0 Å². The zero-order chi connectivity index (χ0) is 17.5. The van der Waals surface area contributed by atoms with E-state index < -0.39 is 29.7 Å². The molecule has 4 nitrogen and oxygen atoms in total. The molecule has 0 heterocycles. The number of nitrogens with one attached hydrogen (secondary N) is 1. The third-order valence-corrected chi connectivity index (χ3v) is 3.33. The molecule has 0 aliphatic carbocycles. The number of amides is 1. The standard InChI is InChI=1S/C16H20F3NO3/c1-2-5-13(15(22)23)20-14(21)9-4-7-11-6-3-8-12(10-11)16(17,18)19/h3,6,8,10,13H,2,4-5,7,9H2,1H3,(H,20,21)(H,22,23). The molecule has 0 aromatic heterocycles. The average Bonchev–Trinajstić information content (AvgIpc) is 2.46. The zero-order valence-corrected chi connectivity index (χ0v) is 12.8. The number of aryl methyl sites for hydroxylation is 1. The minimum Gasteiger partial charge on any atom is -0.480 e. The Morgan fingerprint density at radius 1 is 1.30 bits per heavy atom. The lowest BCUT2D eigenvalue weighted by molar-refractivity contribution is -0.142. The van der Waals surface area contributed by atoms with Gasteiger partial charge in [-0.25, -0.2) is 4.79 Å². The Hall–Kier alpha value is -2.05. The monoisotopic (exact) mass is 331 g/mol. The Labute approximate surface area is 132 Å². The minimum absolute atomic E-state index is 0.0732. The molecule has 0 saturated heterocycles. The zero-order valence-electron chi connectivity index (χ0n) is 12.8. The van der Waals surface area contributed by atoms with Gasteiger partial charge in [0.2, 0.25) is 5.91 Å². The molecule has 7 heteroatoms. The quantitative estimate of drug-likeness (QED) is 0.767. The molecule has 0 aliphatic heterocycles. The summed E-state index contributed by atoms with van der Waals surface area (Å²) in [5.41, 5.74) is -0.218. The lowest BCUT2D eigenvalue weighted by atomic mass is 10.0. The van der Waals surface area contributed by atoms with Crippen molar-refractivity contribution in [2.75, 3.05) is 0 Å². The molecule has 1 aromatic carbocycles. The number of carboxylic acids is 1. The third-order valence-electron chi connectivity index (χ3n) is 3.33. The predicted octanol–water partition coefficient (Wildman–Crippen LogP) is 3.40. The van der Waals surface area contributed by atoms with Crippen LogP contribution in [0.5, 0.6) is 0 Å². The van der Waals surface area contributed by atoms with Crippen molar-refractivity contribution >= 4 is 11.9 Å². The summed E-state index contributed by atoms with van der Waals surface area (Å²) in [6.45, 7) is 1.82. The van der Waals surface area contributed by atoms with Gasteiger partial charge in [-0.2, -0.15) is 13.2 Å². The molecule has 1 aromatic rings. The third kappa shape index (κ3) is 6.71. The smallest absolute Gasteiger partial charge is 0.416 e. The van der Waals surface area contributed by atoms with Crippen molar-refractivity contribution in [2.45, 2.75) is 51.2 Å². The van der Waals surface area contributed by atoms with E-state index in [1.54, 1.807) is 6.07 Å². The highest BCUT2D eigenvalue weighted by atomic mass is 19.4. The molecule has 0 spiro atoms. The first-order chi connectivity index (χ1) is 10.7. The first kappa shape index (κ1) is 19.0. The Kier molecular flexibility index (Phi) is 7.06. The summed E-state index contributed by atoms with van der Waals surface area (Å²) in [7, 11) is 0. The second-order valence-electron chi connectivity index (χ2n) is 5.30. The Bertz CT molecular complexity index is 544. The van der Waals surface area contributed by atoms with E-state index in [1.807, 2.05) is 6.92 Å². The van der Waals surface area contributed by atoms with Crippen molar-refractivity contribution < 1.29 is 27.9 Å². The highest BCUT2D eigenvalue weighted by molar-refractivity contribution is 5.83. The van der Waals surface area contributed by atoms with Crippen molar-refractivity contribution in [3.05, 3.63) is 35.4 Å². The van der Waals surface area contributed by atoms with E-state index in [2.05, 4.69) is 5.32 Å². The van der Waals surface area contributed by atoms with Crippen LogP contribution in [-0.2, 0) is 22.2 Å². The van der Waals surface area contributed by atoms with E-state index in [9.17, 15) is 22.8 Å². The molecular weight excluding hydrogens is 311 g/mol. The number of benzene rings is 1. The first-order valence-corrected chi connectivity index (χ1v) is 7.42. The van der Waals surface area contributed by atoms with Gasteiger partial charge in [0.15, 0.2) is 0 Å². The van der Waals surface area contributed by atoms with Crippen LogP contribution >= 0.6 is 0 Å². The van der Waals surface area contributed by atoms with E-state index >= 15 is 0 Å². The molecule has 1 rings (SSSR count). The summed E-state index contributed by atoms with van der Waals surface area (Å²) in [5, 5.41) is 11.4. The van der Waals surface area contributed by atoms with Crippen molar-refractivity contribution in [3.8, 4) is 0 Å². The average molecular weight is 331 g/mol. The van der Waals surface area contributed by atoms with Gasteiger partial charge in [-0.1, -0.05) is 31.5 Å². The molecule has 0 aliphatic rings. The number of carbonyl (C=O) groups excluding carboxylic acids is 1. The molecule has 1 amide bonds. The van der Waals surface area contributed by atoms with Crippen LogP contribution in [0.25, 0.3) is 0 Å². The summed E-state index contributed by atoms with van der Waals surface area (Å²) >= 11 is 0. The van der Waals surface area contributed by atoms with Gasteiger partial charge >= 0.3 is 12.1 Å². The van der Waals surface area contributed by atoms with Crippen molar-refractivity contribution in [1.29, 1.82) is 0 Å². The number of aliphatic carboxylic acids is 1. The van der Waals surface area contributed by atoms with Crippen LogP contribution in [0, 0.1) is 0 Å². The predicted molar refractivity (Wildman–Crippen MR) is 78.9 cm³/mol. The van der Waals surface area contributed by atoms with Crippen LogP contribution in [0.2, 0.25) is 0 Å². The molecule has 1 unspecified atom stereocenters. The molecular formula is C16H20F3NO3. The van der Waals surface area contributed by atoms with Crippen LogP contribution < -0.4 is 5.32 Å².